The summed E-state index contributed by atoms with van der Waals surface area (Å²) in [5.74, 6) is -0.539. The van der Waals surface area contributed by atoms with E-state index in [1.54, 1.807) is 0 Å². The number of hydrogen-bond donors (Lipinski definition) is 1. The highest BCUT2D eigenvalue weighted by atomic mass is 35.5. The summed E-state index contributed by atoms with van der Waals surface area (Å²) in [4.78, 5) is 24.6. The van der Waals surface area contributed by atoms with E-state index in [-0.39, 0.29) is 35.0 Å². The third-order valence-electron chi connectivity index (χ3n) is 4.01. The number of oxime groups is 1. The Morgan fingerprint density at radius 3 is 2.59 bits per heavy atom. The van der Waals surface area contributed by atoms with Gasteiger partial charge in [-0.25, -0.2) is 4.28 Å². The van der Waals surface area contributed by atoms with Crippen molar-refractivity contribution in [3.8, 4) is 0 Å². The second kappa shape index (κ2) is 7.95. The summed E-state index contributed by atoms with van der Waals surface area (Å²) in [6.45, 7) is 0.0627. The van der Waals surface area contributed by atoms with Crippen molar-refractivity contribution >= 4 is 56.6 Å². The molecule has 0 saturated heterocycles. The predicted octanol–water partition coefficient (Wildman–Crippen LogP) is 3.48. The van der Waals surface area contributed by atoms with Gasteiger partial charge in [-0.3, -0.25) is 19.5 Å². The summed E-state index contributed by atoms with van der Waals surface area (Å²) in [5.41, 5.74) is 0.618. The van der Waals surface area contributed by atoms with Crippen LogP contribution in [0.3, 0.4) is 0 Å². The average molecular weight is 460 g/mol. The maximum absolute atomic E-state index is 13.0. The number of nitro benzene ring substituents is 1. The molecule has 1 N–H and O–H groups in total. The molecule has 13 heteroatoms. The van der Waals surface area contributed by atoms with E-state index in [2.05, 4.69) is 9.44 Å². The van der Waals surface area contributed by atoms with Crippen molar-refractivity contribution in [3.63, 3.8) is 0 Å². The first-order valence-corrected chi connectivity index (χ1v) is 9.97. The van der Waals surface area contributed by atoms with Gasteiger partial charge in [0.1, 0.15) is 0 Å². The van der Waals surface area contributed by atoms with Gasteiger partial charge in [0.25, 0.3) is 11.6 Å². The lowest BCUT2D eigenvalue weighted by Crippen LogP contribution is -2.38. The van der Waals surface area contributed by atoms with Crippen LogP contribution >= 0.6 is 23.2 Å². The molecule has 0 saturated carbocycles. The maximum Gasteiger partial charge on any atom is 0.466 e. The summed E-state index contributed by atoms with van der Waals surface area (Å²) in [6, 6.07) is 7.98. The molecule has 0 aromatic heterocycles. The maximum atomic E-state index is 13.0. The molecule has 152 valence electrons. The molecule has 0 spiro atoms. The molecule has 3 rings (SSSR count). The molecule has 10 nitrogen and oxygen atoms in total. The van der Waals surface area contributed by atoms with Crippen LogP contribution in [0.2, 0.25) is 10.0 Å². The number of carbonyl (C=O) groups excluding carboxylic acids is 1. The standard InChI is InChI=1S/C16H11Cl2N3O7S/c17-9-1-3-12-14(19-28-29(25,26)27)5-6-20(15(12)7-9)16(22)11-4-2-10(21(23)24)8-13(11)18/h1-4,7-8H,5-6H2,(H,25,26,27)/b19-14+. The molecular formula is C16H11Cl2N3O7S. The molecule has 0 unspecified atom stereocenters. The van der Waals surface area contributed by atoms with Crippen molar-refractivity contribution in [2.75, 3.05) is 11.4 Å². The quantitative estimate of drug-likeness (QED) is 0.419. The van der Waals surface area contributed by atoms with E-state index in [1.165, 1.54) is 29.2 Å². The Balaban J connectivity index is 2.02. The van der Waals surface area contributed by atoms with Crippen LogP contribution in [0.25, 0.3) is 0 Å². The molecular weight excluding hydrogens is 449 g/mol. The minimum absolute atomic E-state index is 0.0396. The lowest BCUT2D eigenvalue weighted by atomic mass is 9.98. The molecule has 29 heavy (non-hydrogen) atoms. The minimum atomic E-state index is -4.79. The zero-order valence-corrected chi connectivity index (χ0v) is 16.6. The van der Waals surface area contributed by atoms with Gasteiger partial charge in [0.05, 0.1) is 26.9 Å². The van der Waals surface area contributed by atoms with Gasteiger partial charge in [0, 0.05) is 35.7 Å². The Hall–Kier alpha value is -2.73. The van der Waals surface area contributed by atoms with Crippen molar-refractivity contribution < 1.29 is 27.0 Å². The summed E-state index contributed by atoms with van der Waals surface area (Å²) in [6.07, 6.45) is 0.0977. The molecule has 0 aliphatic carbocycles. The van der Waals surface area contributed by atoms with Crippen LogP contribution in [0.1, 0.15) is 22.3 Å². The zero-order valence-electron chi connectivity index (χ0n) is 14.3. The van der Waals surface area contributed by atoms with Gasteiger partial charge in [-0.05, 0) is 24.3 Å². The number of nitrogens with zero attached hydrogens (tertiary/aromatic N) is 3. The van der Waals surface area contributed by atoms with Crippen molar-refractivity contribution in [2.45, 2.75) is 6.42 Å². The van der Waals surface area contributed by atoms with Crippen molar-refractivity contribution in [3.05, 3.63) is 67.7 Å². The van der Waals surface area contributed by atoms with E-state index >= 15 is 0 Å². The number of non-ortho nitro benzene ring substituents is 1. The van der Waals surface area contributed by atoms with E-state index in [1.807, 2.05) is 0 Å². The van der Waals surface area contributed by atoms with E-state index in [9.17, 15) is 23.3 Å². The van der Waals surface area contributed by atoms with E-state index < -0.39 is 21.2 Å². The third kappa shape index (κ3) is 4.65. The van der Waals surface area contributed by atoms with E-state index in [4.69, 9.17) is 27.8 Å². The summed E-state index contributed by atoms with van der Waals surface area (Å²) < 4.78 is 34.4. The SMILES string of the molecule is O=C(c1ccc([N+](=O)[O-])cc1Cl)N1CC/C(=N\OS(=O)(=O)O)c2ccc(Cl)cc21. The fourth-order valence-corrected chi connectivity index (χ4v) is 3.39. The number of amides is 1. The molecule has 0 bridgehead atoms. The number of nitro groups is 1. The number of benzene rings is 2. The normalized spacial score (nSPS) is 15.1. The highest BCUT2D eigenvalue weighted by Gasteiger charge is 2.29. The monoisotopic (exact) mass is 459 g/mol. The van der Waals surface area contributed by atoms with Gasteiger partial charge in [-0.15, -0.1) is 0 Å². The number of rotatable bonds is 4. The van der Waals surface area contributed by atoms with Crippen LogP contribution < -0.4 is 4.90 Å². The Kier molecular flexibility index (Phi) is 5.75. The van der Waals surface area contributed by atoms with Crippen molar-refractivity contribution in [2.24, 2.45) is 5.16 Å². The van der Waals surface area contributed by atoms with E-state index in [0.717, 1.165) is 12.1 Å². The lowest BCUT2D eigenvalue weighted by Gasteiger charge is -2.30. The van der Waals surface area contributed by atoms with Gasteiger partial charge >= 0.3 is 10.4 Å². The Bertz CT molecular complexity index is 1150. The average Bonchev–Trinajstić information content (AvgIpc) is 2.64. The summed E-state index contributed by atoms with van der Waals surface area (Å²) >= 11 is 12.1. The summed E-state index contributed by atoms with van der Waals surface area (Å²) in [7, 11) is -4.79. The van der Waals surface area contributed by atoms with Gasteiger partial charge in [-0.1, -0.05) is 28.4 Å². The first-order valence-electron chi connectivity index (χ1n) is 7.85. The van der Waals surface area contributed by atoms with Crippen LogP contribution in [0.4, 0.5) is 11.4 Å². The molecule has 1 amide bonds. The zero-order chi connectivity index (χ0) is 21.3. The Labute approximate surface area is 174 Å². The minimum Gasteiger partial charge on any atom is -0.307 e. The second-order valence-corrected chi connectivity index (χ2v) is 7.68. The number of fused-ring (bicyclic) bond motifs is 1. The smallest absolute Gasteiger partial charge is 0.307 e. The number of hydrogen-bond acceptors (Lipinski definition) is 7. The fourth-order valence-electron chi connectivity index (χ4n) is 2.78. The predicted molar refractivity (Wildman–Crippen MR) is 105 cm³/mol. The van der Waals surface area contributed by atoms with Crippen LogP contribution in [-0.2, 0) is 14.7 Å². The number of anilines is 1. The fraction of sp³-hybridized carbons (Fsp3) is 0.125. The van der Waals surface area contributed by atoms with Gasteiger partial charge < -0.3 is 4.90 Å². The van der Waals surface area contributed by atoms with Gasteiger partial charge in [0.15, 0.2) is 0 Å². The largest absolute Gasteiger partial charge is 0.466 e. The van der Waals surface area contributed by atoms with Crippen LogP contribution in [0.5, 0.6) is 0 Å². The topological polar surface area (TPSA) is 139 Å². The Morgan fingerprint density at radius 1 is 1.24 bits per heavy atom. The first-order chi connectivity index (χ1) is 13.6. The molecule has 1 aliphatic heterocycles. The van der Waals surface area contributed by atoms with Crippen LogP contribution in [0, 0.1) is 10.1 Å². The molecule has 0 radical (unpaired) electrons. The first kappa shape index (κ1) is 21.0. The highest BCUT2D eigenvalue weighted by molar-refractivity contribution is 7.80. The second-order valence-electron chi connectivity index (χ2n) is 5.83. The lowest BCUT2D eigenvalue weighted by molar-refractivity contribution is -0.384. The van der Waals surface area contributed by atoms with E-state index in [0.29, 0.717) is 16.3 Å². The van der Waals surface area contributed by atoms with Crippen LogP contribution in [-0.4, -0.2) is 36.1 Å². The number of halogens is 2. The summed E-state index contributed by atoms with van der Waals surface area (Å²) in [5, 5.41) is 14.5. The molecule has 2 aromatic rings. The van der Waals surface area contributed by atoms with Gasteiger partial charge in [0.2, 0.25) is 0 Å². The molecule has 1 aliphatic rings. The third-order valence-corrected chi connectivity index (χ3v) is 4.83. The van der Waals surface area contributed by atoms with Crippen molar-refractivity contribution in [1.29, 1.82) is 0 Å². The van der Waals surface area contributed by atoms with Gasteiger partial charge in [-0.2, -0.15) is 8.42 Å². The van der Waals surface area contributed by atoms with Crippen LogP contribution in [0.15, 0.2) is 41.6 Å². The molecule has 0 atom stereocenters. The molecule has 1 heterocycles. The Morgan fingerprint density at radius 2 is 1.97 bits per heavy atom. The number of carbonyl (C=O) groups is 1. The highest BCUT2D eigenvalue weighted by Crippen LogP contribution is 2.33. The molecule has 0 fully saturated rings. The molecule has 2 aromatic carbocycles. The van der Waals surface area contributed by atoms with Crippen molar-refractivity contribution in [1.82, 2.24) is 0 Å².